The third-order valence-corrected chi connectivity index (χ3v) is 5.43. The molecule has 114 valence electrons. The van der Waals surface area contributed by atoms with Crippen molar-refractivity contribution in [2.45, 2.75) is 4.90 Å². The maximum absolute atomic E-state index is 11.7. The minimum atomic E-state index is -4.81. The Morgan fingerprint density at radius 2 is 1.86 bits per heavy atom. The fourth-order valence-electron chi connectivity index (χ4n) is 1.72. The molecule has 0 saturated heterocycles. The molecule has 0 aliphatic rings. The fourth-order valence-corrected chi connectivity index (χ4v) is 3.67. The molecule has 0 amide bonds. The van der Waals surface area contributed by atoms with E-state index in [1.54, 1.807) is 0 Å². The molecule has 8 nitrogen and oxygen atoms in total. The smallest absolute Gasteiger partial charge is 0.361 e. The Hall–Kier alpha value is -1.22. The normalized spacial score (nSPS) is 12.8. The summed E-state index contributed by atoms with van der Waals surface area (Å²) in [5.74, 6) is -1.17. The van der Waals surface area contributed by atoms with Crippen LogP contribution in [0.2, 0.25) is 5.02 Å². The van der Waals surface area contributed by atoms with Crippen molar-refractivity contribution >= 4 is 45.2 Å². The van der Waals surface area contributed by atoms with Crippen molar-refractivity contribution in [2.24, 2.45) is 0 Å². The summed E-state index contributed by atoms with van der Waals surface area (Å²) in [6.45, 7) is 0. The van der Waals surface area contributed by atoms with Crippen molar-refractivity contribution < 1.29 is 27.9 Å². The van der Waals surface area contributed by atoms with E-state index in [0.29, 0.717) is 0 Å². The third-order valence-electron chi connectivity index (χ3n) is 2.70. The van der Waals surface area contributed by atoms with Gasteiger partial charge in [0.25, 0.3) is 5.56 Å². The Morgan fingerprint density at radius 1 is 1.24 bits per heavy atom. The minimum absolute atomic E-state index is 0.0596. The maximum atomic E-state index is 11.7. The minimum Gasteiger partial charge on any atom is -0.380 e. The first kappa shape index (κ1) is 16.2. The molecule has 2 aromatic rings. The Bertz CT molecular complexity index is 930. The summed E-state index contributed by atoms with van der Waals surface area (Å²) < 4.78 is 34.5. The number of hydrogen-bond donors (Lipinski definition) is 4. The third kappa shape index (κ3) is 3.03. The van der Waals surface area contributed by atoms with Gasteiger partial charge in [0.2, 0.25) is 9.84 Å². The number of aromatic amines is 1. The number of aromatic nitrogens is 1. The Balaban J connectivity index is 2.87. The van der Waals surface area contributed by atoms with Crippen molar-refractivity contribution in [1.29, 1.82) is 0 Å². The molecular formula is C10H9ClNO7PS. The summed E-state index contributed by atoms with van der Waals surface area (Å²) in [7, 11) is -8.85. The molecule has 4 N–H and O–H groups in total. The SMILES string of the molecule is O=c1[nH]c2cc(Cl)c(S(=O)(=O)CO)cc2cc1P(=O)(O)O. The van der Waals surface area contributed by atoms with Crippen molar-refractivity contribution in [2.75, 3.05) is 5.94 Å². The topological polar surface area (TPSA) is 145 Å². The summed E-state index contributed by atoms with van der Waals surface area (Å²) in [6, 6.07) is 3.05. The van der Waals surface area contributed by atoms with Gasteiger partial charge in [0.05, 0.1) is 9.92 Å². The van der Waals surface area contributed by atoms with E-state index in [2.05, 4.69) is 4.98 Å². The van der Waals surface area contributed by atoms with Crippen LogP contribution in [-0.4, -0.2) is 34.2 Å². The zero-order valence-corrected chi connectivity index (χ0v) is 12.6. The predicted molar refractivity (Wildman–Crippen MR) is 75.5 cm³/mol. The molecular weight excluding hydrogens is 345 g/mol. The lowest BCUT2D eigenvalue weighted by atomic mass is 10.2. The van der Waals surface area contributed by atoms with Gasteiger partial charge < -0.3 is 19.9 Å². The van der Waals surface area contributed by atoms with E-state index in [9.17, 15) is 17.8 Å². The lowest BCUT2D eigenvalue weighted by Gasteiger charge is -2.08. The first-order valence-corrected chi connectivity index (χ1v) is 8.97. The van der Waals surface area contributed by atoms with E-state index in [1.165, 1.54) is 0 Å². The van der Waals surface area contributed by atoms with E-state index in [4.69, 9.17) is 26.5 Å². The second-order valence-electron chi connectivity index (χ2n) is 4.14. The predicted octanol–water partition coefficient (Wildman–Crippen LogP) is -0.292. The molecule has 0 saturated carbocycles. The number of aliphatic hydroxyl groups is 1. The first-order valence-electron chi connectivity index (χ1n) is 5.32. The number of hydrogen-bond acceptors (Lipinski definition) is 5. The molecule has 0 atom stereocenters. The molecule has 0 bridgehead atoms. The van der Waals surface area contributed by atoms with Crippen molar-refractivity contribution in [3.63, 3.8) is 0 Å². The fraction of sp³-hybridized carbons (Fsp3) is 0.100. The van der Waals surface area contributed by atoms with Crippen LogP contribution >= 0.6 is 19.2 Å². The summed E-state index contributed by atoms with van der Waals surface area (Å²) in [5, 5.41) is 7.89. The number of sulfone groups is 1. The molecule has 0 aliphatic carbocycles. The molecule has 2 rings (SSSR count). The van der Waals surface area contributed by atoms with Crippen LogP contribution in [0.25, 0.3) is 10.9 Å². The van der Waals surface area contributed by atoms with Crippen LogP contribution in [0.3, 0.4) is 0 Å². The number of H-pyrrole nitrogens is 1. The molecule has 1 aromatic heterocycles. The van der Waals surface area contributed by atoms with Gasteiger partial charge in [-0.05, 0) is 18.2 Å². The zero-order valence-electron chi connectivity index (χ0n) is 10.1. The van der Waals surface area contributed by atoms with Crippen molar-refractivity contribution in [1.82, 2.24) is 4.98 Å². The quantitative estimate of drug-likeness (QED) is 0.555. The summed E-state index contributed by atoms with van der Waals surface area (Å²) in [5.41, 5.74) is -0.885. The first-order chi connectivity index (χ1) is 9.56. The van der Waals surface area contributed by atoms with Crippen LogP contribution in [0.5, 0.6) is 0 Å². The Morgan fingerprint density at radius 3 is 2.38 bits per heavy atom. The van der Waals surface area contributed by atoms with Crippen LogP contribution in [-0.2, 0) is 14.4 Å². The molecule has 0 aliphatic heterocycles. The second-order valence-corrected chi connectivity index (χ2v) is 8.05. The monoisotopic (exact) mass is 353 g/mol. The summed E-state index contributed by atoms with van der Waals surface area (Å²) in [6.07, 6.45) is 0. The van der Waals surface area contributed by atoms with Crippen LogP contribution in [0.15, 0.2) is 27.9 Å². The van der Waals surface area contributed by atoms with E-state index in [1.807, 2.05) is 0 Å². The highest BCUT2D eigenvalue weighted by Gasteiger charge is 2.24. The van der Waals surface area contributed by atoms with E-state index >= 15 is 0 Å². The van der Waals surface area contributed by atoms with Crippen LogP contribution in [0.1, 0.15) is 0 Å². The lowest BCUT2D eigenvalue weighted by molar-refractivity contribution is 0.358. The van der Waals surface area contributed by atoms with Gasteiger partial charge in [0.15, 0.2) is 0 Å². The largest absolute Gasteiger partial charge is 0.380 e. The number of rotatable bonds is 3. The highest BCUT2D eigenvalue weighted by atomic mass is 35.5. The van der Waals surface area contributed by atoms with Crippen molar-refractivity contribution in [3.8, 4) is 0 Å². The van der Waals surface area contributed by atoms with Gasteiger partial charge in [-0.3, -0.25) is 9.36 Å². The van der Waals surface area contributed by atoms with Crippen LogP contribution < -0.4 is 10.9 Å². The molecule has 0 spiro atoms. The van der Waals surface area contributed by atoms with E-state index < -0.39 is 39.1 Å². The highest BCUT2D eigenvalue weighted by Crippen LogP contribution is 2.33. The average Bonchev–Trinajstić information content (AvgIpc) is 2.35. The van der Waals surface area contributed by atoms with Gasteiger partial charge in [-0.15, -0.1) is 0 Å². The molecule has 1 heterocycles. The summed E-state index contributed by atoms with van der Waals surface area (Å²) in [4.78, 5) is 31.5. The Labute approximate surface area is 123 Å². The maximum Gasteiger partial charge on any atom is 0.361 e. The number of nitrogens with one attached hydrogen (secondary N) is 1. The molecule has 0 fully saturated rings. The van der Waals surface area contributed by atoms with E-state index in [0.717, 1.165) is 18.2 Å². The second kappa shape index (κ2) is 5.20. The van der Waals surface area contributed by atoms with Gasteiger partial charge in [-0.2, -0.15) is 0 Å². The number of fused-ring (bicyclic) bond motifs is 1. The standard InChI is InChI=1S/C10H9ClNO7PS/c11-6-3-7-5(2-9(6)21(18,19)4-13)1-8(10(14)12-7)20(15,16)17/h1-3,13H,4H2,(H,12,14)(H2,15,16,17). The lowest BCUT2D eigenvalue weighted by Crippen LogP contribution is -2.26. The van der Waals surface area contributed by atoms with Gasteiger partial charge in [-0.25, -0.2) is 8.42 Å². The number of pyridine rings is 1. The number of benzene rings is 1. The molecule has 11 heteroatoms. The molecule has 0 unspecified atom stereocenters. The summed E-state index contributed by atoms with van der Waals surface area (Å²) >= 11 is 5.78. The van der Waals surface area contributed by atoms with Gasteiger partial charge in [0.1, 0.15) is 11.2 Å². The molecule has 1 aromatic carbocycles. The van der Waals surface area contributed by atoms with Crippen LogP contribution in [0, 0.1) is 0 Å². The average molecular weight is 354 g/mol. The van der Waals surface area contributed by atoms with Gasteiger partial charge >= 0.3 is 7.60 Å². The van der Waals surface area contributed by atoms with E-state index in [-0.39, 0.29) is 15.9 Å². The van der Waals surface area contributed by atoms with Crippen LogP contribution in [0.4, 0.5) is 0 Å². The number of halogens is 1. The van der Waals surface area contributed by atoms with Crippen molar-refractivity contribution in [3.05, 3.63) is 33.6 Å². The number of aliphatic hydroxyl groups excluding tert-OH is 1. The molecule has 21 heavy (non-hydrogen) atoms. The zero-order chi connectivity index (χ0) is 16.0. The van der Waals surface area contributed by atoms with Gasteiger partial charge in [-0.1, -0.05) is 11.6 Å². The molecule has 0 radical (unpaired) electrons. The van der Waals surface area contributed by atoms with Gasteiger partial charge in [0, 0.05) is 10.9 Å². The Kier molecular flexibility index (Phi) is 4.00. The highest BCUT2D eigenvalue weighted by molar-refractivity contribution is 7.91.